The molecule has 1 aliphatic rings. The van der Waals surface area contributed by atoms with Crippen molar-refractivity contribution in [1.82, 2.24) is 0 Å². The van der Waals surface area contributed by atoms with Gasteiger partial charge in [-0.3, -0.25) is 4.79 Å². The van der Waals surface area contributed by atoms with Crippen molar-refractivity contribution in [1.29, 1.82) is 0 Å². The summed E-state index contributed by atoms with van der Waals surface area (Å²) in [6.07, 6.45) is 2.86. The molecule has 1 fully saturated rings. The van der Waals surface area contributed by atoms with E-state index in [2.05, 4.69) is 0 Å². The van der Waals surface area contributed by atoms with Gasteiger partial charge in [-0.05, 0) is 45.4 Å². The number of carbonyl (C=O) groups is 1. The molecular formula is C14H26O3. The monoisotopic (exact) mass is 242 g/mol. The van der Waals surface area contributed by atoms with Crippen LogP contribution in [-0.2, 0) is 9.53 Å². The Labute approximate surface area is 105 Å². The molecule has 0 aromatic carbocycles. The van der Waals surface area contributed by atoms with Crippen LogP contribution in [0.25, 0.3) is 0 Å². The molecule has 2 atom stereocenters. The zero-order valence-corrected chi connectivity index (χ0v) is 11.7. The highest BCUT2D eigenvalue weighted by Gasteiger charge is 2.47. The first-order valence-electron chi connectivity index (χ1n) is 6.67. The number of rotatable bonds is 4. The van der Waals surface area contributed by atoms with Gasteiger partial charge in [0.15, 0.2) is 0 Å². The van der Waals surface area contributed by atoms with Gasteiger partial charge in [0.1, 0.15) is 11.7 Å². The lowest BCUT2D eigenvalue weighted by Crippen LogP contribution is -2.46. The smallest absolute Gasteiger partial charge is 0.311 e. The quantitative estimate of drug-likeness (QED) is 0.771. The molecule has 0 radical (unpaired) electrons. The molecule has 1 aliphatic carbocycles. The molecule has 100 valence electrons. The Morgan fingerprint density at radius 1 is 1.53 bits per heavy atom. The molecule has 0 heterocycles. The molecule has 17 heavy (non-hydrogen) atoms. The Hall–Kier alpha value is -0.570. The summed E-state index contributed by atoms with van der Waals surface area (Å²) < 4.78 is 5.56. The van der Waals surface area contributed by atoms with Crippen LogP contribution < -0.4 is 0 Å². The highest BCUT2D eigenvalue weighted by Crippen LogP contribution is 2.39. The van der Waals surface area contributed by atoms with Gasteiger partial charge in [0.2, 0.25) is 0 Å². The average molecular weight is 242 g/mol. The summed E-state index contributed by atoms with van der Waals surface area (Å²) in [7, 11) is 0. The van der Waals surface area contributed by atoms with E-state index < -0.39 is 11.0 Å². The van der Waals surface area contributed by atoms with Crippen molar-refractivity contribution in [3.8, 4) is 0 Å². The third-order valence-electron chi connectivity index (χ3n) is 4.29. The summed E-state index contributed by atoms with van der Waals surface area (Å²) >= 11 is 0. The Balaban J connectivity index is 2.72. The molecular weight excluding hydrogens is 216 g/mol. The highest BCUT2D eigenvalue weighted by molar-refractivity contribution is 5.76. The second-order valence-electron chi connectivity index (χ2n) is 6.17. The molecule has 1 N–H and O–H groups in total. The van der Waals surface area contributed by atoms with Crippen molar-refractivity contribution >= 4 is 5.97 Å². The SMILES string of the molecule is CCC(C)(C)C(=O)OC1CCCC1(O)C(C)C. The molecule has 0 spiro atoms. The Bertz CT molecular complexity index is 283. The fourth-order valence-corrected chi connectivity index (χ4v) is 2.24. The van der Waals surface area contributed by atoms with Crippen molar-refractivity contribution < 1.29 is 14.6 Å². The van der Waals surface area contributed by atoms with E-state index in [1.165, 1.54) is 0 Å². The molecule has 1 rings (SSSR count). The molecule has 3 nitrogen and oxygen atoms in total. The summed E-state index contributed by atoms with van der Waals surface area (Å²) in [5.74, 6) is -0.0708. The number of hydrogen-bond acceptors (Lipinski definition) is 3. The maximum Gasteiger partial charge on any atom is 0.311 e. The highest BCUT2D eigenvalue weighted by atomic mass is 16.6. The normalized spacial score (nSPS) is 29.7. The molecule has 0 aromatic heterocycles. The number of aliphatic hydroxyl groups is 1. The minimum Gasteiger partial charge on any atom is -0.459 e. The van der Waals surface area contributed by atoms with Gasteiger partial charge < -0.3 is 9.84 Å². The first-order valence-corrected chi connectivity index (χ1v) is 6.67. The van der Waals surface area contributed by atoms with Crippen LogP contribution in [0.3, 0.4) is 0 Å². The van der Waals surface area contributed by atoms with E-state index in [0.29, 0.717) is 0 Å². The van der Waals surface area contributed by atoms with Crippen molar-refractivity contribution in [3.05, 3.63) is 0 Å². The lowest BCUT2D eigenvalue weighted by Gasteiger charge is -2.35. The summed E-state index contributed by atoms with van der Waals surface area (Å²) in [6.45, 7) is 9.72. The van der Waals surface area contributed by atoms with Crippen molar-refractivity contribution in [3.63, 3.8) is 0 Å². The van der Waals surface area contributed by atoms with Gasteiger partial charge in [0.25, 0.3) is 0 Å². The van der Waals surface area contributed by atoms with Crippen molar-refractivity contribution in [2.24, 2.45) is 11.3 Å². The zero-order chi connectivity index (χ0) is 13.3. The number of carbonyl (C=O) groups excluding carboxylic acids is 1. The van der Waals surface area contributed by atoms with Gasteiger partial charge in [-0.25, -0.2) is 0 Å². The van der Waals surface area contributed by atoms with Gasteiger partial charge in [0, 0.05) is 0 Å². The van der Waals surface area contributed by atoms with Crippen LogP contribution in [0.4, 0.5) is 0 Å². The molecule has 0 aromatic rings. The van der Waals surface area contributed by atoms with E-state index in [4.69, 9.17) is 4.74 Å². The summed E-state index contributed by atoms with van der Waals surface area (Å²) in [5, 5.41) is 10.5. The number of ether oxygens (including phenoxy) is 1. The standard InChI is InChI=1S/C14H26O3/c1-6-13(4,5)12(15)17-11-8-7-9-14(11,16)10(2)3/h10-11,16H,6-9H2,1-5H3. The first kappa shape index (κ1) is 14.5. The molecule has 3 heteroatoms. The van der Waals surface area contributed by atoms with Gasteiger partial charge in [0.05, 0.1) is 5.41 Å². The maximum atomic E-state index is 12.0. The van der Waals surface area contributed by atoms with Crippen molar-refractivity contribution in [2.45, 2.75) is 72.0 Å². The van der Waals surface area contributed by atoms with Crippen LogP contribution in [0.1, 0.15) is 60.3 Å². The summed E-state index contributed by atoms with van der Waals surface area (Å²) in [6, 6.07) is 0. The lowest BCUT2D eigenvalue weighted by atomic mass is 9.86. The molecule has 0 saturated heterocycles. The van der Waals surface area contributed by atoms with Gasteiger partial charge in [-0.2, -0.15) is 0 Å². The average Bonchev–Trinajstić information content (AvgIpc) is 2.61. The largest absolute Gasteiger partial charge is 0.459 e. The van der Waals surface area contributed by atoms with Crippen molar-refractivity contribution in [2.75, 3.05) is 0 Å². The third kappa shape index (κ3) is 2.82. The van der Waals surface area contributed by atoms with Crippen LogP contribution >= 0.6 is 0 Å². The van der Waals surface area contributed by atoms with Gasteiger partial charge in [-0.1, -0.05) is 20.8 Å². The minimum absolute atomic E-state index is 0.118. The fraction of sp³-hybridized carbons (Fsp3) is 0.929. The second-order valence-corrected chi connectivity index (χ2v) is 6.17. The van der Waals surface area contributed by atoms with Crippen LogP contribution in [0.2, 0.25) is 0 Å². The third-order valence-corrected chi connectivity index (χ3v) is 4.29. The van der Waals surface area contributed by atoms with E-state index >= 15 is 0 Å². The molecule has 1 saturated carbocycles. The molecule has 2 unspecified atom stereocenters. The fourth-order valence-electron chi connectivity index (χ4n) is 2.24. The van der Waals surface area contributed by atoms with Gasteiger partial charge in [-0.15, -0.1) is 0 Å². The van der Waals surface area contributed by atoms with Gasteiger partial charge >= 0.3 is 5.97 Å². The predicted molar refractivity (Wildman–Crippen MR) is 67.6 cm³/mol. The number of esters is 1. The summed E-state index contributed by atoms with van der Waals surface area (Å²) in [5.41, 5.74) is -1.29. The van der Waals surface area contributed by atoms with Crippen LogP contribution in [-0.4, -0.2) is 22.8 Å². The Kier molecular flexibility index (Phi) is 4.23. The van der Waals surface area contributed by atoms with E-state index in [9.17, 15) is 9.90 Å². The maximum absolute atomic E-state index is 12.0. The van der Waals surface area contributed by atoms with Crippen LogP contribution in [0, 0.1) is 11.3 Å². The molecule has 0 bridgehead atoms. The lowest BCUT2D eigenvalue weighted by molar-refractivity contribution is -0.176. The minimum atomic E-state index is -0.834. The van der Waals surface area contributed by atoms with E-state index in [1.54, 1.807) is 0 Å². The van der Waals surface area contributed by atoms with E-state index in [0.717, 1.165) is 25.7 Å². The molecule has 0 aliphatic heterocycles. The first-order chi connectivity index (χ1) is 7.74. The van der Waals surface area contributed by atoms with Crippen LogP contribution in [0.15, 0.2) is 0 Å². The zero-order valence-electron chi connectivity index (χ0n) is 11.7. The van der Waals surface area contributed by atoms with E-state index in [-0.39, 0.29) is 18.0 Å². The predicted octanol–water partition coefficient (Wildman–Crippen LogP) is 2.91. The molecule has 0 amide bonds. The second kappa shape index (κ2) is 4.97. The van der Waals surface area contributed by atoms with Crippen LogP contribution in [0.5, 0.6) is 0 Å². The topological polar surface area (TPSA) is 46.5 Å². The summed E-state index contributed by atoms with van der Waals surface area (Å²) in [4.78, 5) is 12.0. The Morgan fingerprint density at radius 3 is 2.59 bits per heavy atom. The van der Waals surface area contributed by atoms with E-state index in [1.807, 2.05) is 34.6 Å². The Morgan fingerprint density at radius 2 is 2.12 bits per heavy atom. The number of hydrogen-bond donors (Lipinski definition) is 1.